The fraction of sp³-hybridized carbons (Fsp3) is 0.261. The van der Waals surface area contributed by atoms with Crippen LogP contribution in [0, 0.1) is 17.6 Å². The molecule has 1 N–H and O–H groups in total. The van der Waals surface area contributed by atoms with Crippen molar-refractivity contribution in [2.45, 2.75) is 32.2 Å². The summed E-state index contributed by atoms with van der Waals surface area (Å²) in [5.74, 6) is -3.46. The highest BCUT2D eigenvalue weighted by atomic mass is 19.2. The van der Waals surface area contributed by atoms with E-state index in [1.165, 1.54) is 41.1 Å². The predicted molar refractivity (Wildman–Crippen MR) is 107 cm³/mol. The molecule has 2 aromatic rings. The monoisotopic (exact) mass is 413 g/mol. The molecule has 0 spiro atoms. The minimum atomic E-state index is -1.10. The van der Waals surface area contributed by atoms with E-state index in [2.05, 4.69) is 0 Å². The third-order valence-electron chi connectivity index (χ3n) is 5.08. The molecule has 5 nitrogen and oxygen atoms in total. The molecule has 1 unspecified atom stereocenters. The van der Waals surface area contributed by atoms with Crippen LogP contribution in [0.1, 0.15) is 30.4 Å². The molecule has 1 aliphatic rings. The molecule has 1 aromatic heterocycles. The predicted octanol–water partition coefficient (Wildman–Crippen LogP) is 3.65. The molecule has 0 saturated carbocycles. The van der Waals surface area contributed by atoms with Crippen LogP contribution < -0.4 is 5.56 Å². The Kier molecular flexibility index (Phi) is 6.72. The maximum atomic E-state index is 14.5. The van der Waals surface area contributed by atoms with Gasteiger partial charge in [-0.25, -0.2) is 13.6 Å². The Hall–Kier alpha value is -3.35. The first-order chi connectivity index (χ1) is 14.3. The zero-order valence-corrected chi connectivity index (χ0v) is 16.2. The third kappa shape index (κ3) is 5.17. The number of pyridine rings is 1. The molecule has 3 rings (SSSR count). The van der Waals surface area contributed by atoms with Crippen molar-refractivity contribution in [2.75, 3.05) is 0 Å². The summed E-state index contributed by atoms with van der Waals surface area (Å²) < 4.78 is 30.3. The van der Waals surface area contributed by atoms with Crippen LogP contribution in [0.4, 0.5) is 8.78 Å². The molecule has 1 aliphatic carbocycles. The number of carboxylic acids is 1. The standard InChI is InChI=1S/C23H21F2NO4/c24-21-16(5-3-4-15-12-17(23(29)30)9-10-19(27)13-15)7-8-18(22(21)25)14-26-11-2-1-6-20(26)28/h1-2,6-12,15H,3-5,13-14H2,(H,29,30). The van der Waals surface area contributed by atoms with E-state index in [1.807, 2.05) is 0 Å². The highest BCUT2D eigenvalue weighted by Gasteiger charge is 2.18. The van der Waals surface area contributed by atoms with E-state index in [1.54, 1.807) is 18.2 Å². The summed E-state index contributed by atoms with van der Waals surface area (Å²) in [6.07, 6.45) is 6.98. The van der Waals surface area contributed by atoms with Crippen molar-refractivity contribution in [3.63, 3.8) is 0 Å². The number of aliphatic carboxylic acids is 1. The molecule has 1 atom stereocenters. The van der Waals surface area contributed by atoms with E-state index >= 15 is 0 Å². The van der Waals surface area contributed by atoms with Crippen molar-refractivity contribution in [1.82, 2.24) is 4.57 Å². The number of ketones is 1. The molecule has 0 fully saturated rings. The van der Waals surface area contributed by atoms with Crippen LogP contribution in [-0.4, -0.2) is 21.4 Å². The second kappa shape index (κ2) is 9.43. The summed E-state index contributed by atoms with van der Waals surface area (Å²) in [6.45, 7) is -0.0668. The lowest BCUT2D eigenvalue weighted by molar-refractivity contribution is -0.132. The summed E-state index contributed by atoms with van der Waals surface area (Å²) in [4.78, 5) is 34.7. The average Bonchev–Trinajstić information content (AvgIpc) is 2.90. The number of halogens is 2. The summed E-state index contributed by atoms with van der Waals surface area (Å²) in [5.41, 5.74) is 0.0439. The molecule has 1 heterocycles. The van der Waals surface area contributed by atoms with Gasteiger partial charge in [0.15, 0.2) is 17.4 Å². The van der Waals surface area contributed by atoms with Crippen LogP contribution in [0.25, 0.3) is 0 Å². The van der Waals surface area contributed by atoms with Gasteiger partial charge in [-0.15, -0.1) is 0 Å². The molecule has 30 heavy (non-hydrogen) atoms. The summed E-state index contributed by atoms with van der Waals surface area (Å²) in [5, 5.41) is 9.14. The largest absolute Gasteiger partial charge is 0.478 e. The van der Waals surface area contributed by atoms with Crippen molar-refractivity contribution in [3.8, 4) is 0 Å². The van der Waals surface area contributed by atoms with E-state index in [0.717, 1.165) is 0 Å². The van der Waals surface area contributed by atoms with E-state index < -0.39 is 17.6 Å². The summed E-state index contributed by atoms with van der Waals surface area (Å²) in [6, 6.07) is 7.53. The SMILES string of the molecule is O=C1C=CC(C(=O)O)=CC(CCCc2ccc(Cn3ccccc3=O)c(F)c2F)C1. The lowest BCUT2D eigenvalue weighted by atomic mass is 9.94. The Morgan fingerprint density at radius 3 is 2.53 bits per heavy atom. The topological polar surface area (TPSA) is 76.4 Å². The molecule has 0 radical (unpaired) electrons. The maximum Gasteiger partial charge on any atom is 0.335 e. The number of carboxylic acid groups (broad SMARTS) is 1. The maximum absolute atomic E-state index is 14.5. The number of carbonyl (C=O) groups excluding carboxylic acids is 1. The van der Waals surface area contributed by atoms with E-state index in [4.69, 9.17) is 5.11 Å². The molecular formula is C23H21F2NO4. The van der Waals surface area contributed by atoms with Gasteiger partial charge in [0.1, 0.15) is 0 Å². The van der Waals surface area contributed by atoms with Crippen LogP contribution in [0.15, 0.2) is 65.1 Å². The van der Waals surface area contributed by atoms with E-state index in [0.29, 0.717) is 12.8 Å². The van der Waals surface area contributed by atoms with Crippen molar-refractivity contribution in [1.29, 1.82) is 0 Å². The number of allylic oxidation sites excluding steroid dienone is 2. The number of carbonyl (C=O) groups is 2. The molecule has 1 aromatic carbocycles. The Balaban J connectivity index is 1.66. The van der Waals surface area contributed by atoms with Crippen LogP contribution in [0.3, 0.4) is 0 Å². The first-order valence-corrected chi connectivity index (χ1v) is 9.62. The summed E-state index contributed by atoms with van der Waals surface area (Å²) in [7, 11) is 0. The van der Waals surface area contributed by atoms with Crippen LogP contribution in [-0.2, 0) is 22.6 Å². The molecule has 0 saturated heterocycles. The molecule has 7 heteroatoms. The van der Waals surface area contributed by atoms with Gasteiger partial charge in [0.2, 0.25) is 0 Å². The van der Waals surface area contributed by atoms with Crippen LogP contribution >= 0.6 is 0 Å². The number of aryl methyl sites for hydroxylation is 1. The normalized spacial score (nSPS) is 16.3. The van der Waals surface area contributed by atoms with Gasteiger partial charge in [0.05, 0.1) is 12.1 Å². The number of nitrogens with zero attached hydrogens (tertiary/aromatic N) is 1. The van der Waals surface area contributed by atoms with Crippen LogP contribution in [0.2, 0.25) is 0 Å². The first kappa shape index (κ1) is 21.4. The number of hydrogen-bond donors (Lipinski definition) is 1. The fourth-order valence-electron chi connectivity index (χ4n) is 3.48. The second-order valence-electron chi connectivity index (χ2n) is 7.26. The Labute approximate surface area is 172 Å². The van der Waals surface area contributed by atoms with Crippen molar-refractivity contribution in [2.24, 2.45) is 5.92 Å². The second-order valence-corrected chi connectivity index (χ2v) is 7.26. The third-order valence-corrected chi connectivity index (χ3v) is 5.08. The van der Waals surface area contributed by atoms with Gasteiger partial charge in [-0.05, 0) is 49.0 Å². The van der Waals surface area contributed by atoms with Crippen molar-refractivity contribution >= 4 is 11.8 Å². The Bertz CT molecular complexity index is 1080. The van der Waals surface area contributed by atoms with Gasteiger partial charge < -0.3 is 9.67 Å². The molecule has 0 bridgehead atoms. The smallest absolute Gasteiger partial charge is 0.335 e. The fourth-order valence-corrected chi connectivity index (χ4v) is 3.48. The minimum absolute atomic E-state index is 0.0589. The quantitative estimate of drug-likeness (QED) is 0.752. The van der Waals surface area contributed by atoms with Gasteiger partial charge >= 0.3 is 5.97 Å². The zero-order valence-electron chi connectivity index (χ0n) is 16.2. The number of rotatable bonds is 7. The molecule has 0 amide bonds. The number of benzene rings is 1. The van der Waals surface area contributed by atoms with E-state index in [9.17, 15) is 23.2 Å². The van der Waals surface area contributed by atoms with Gasteiger partial charge in [0.25, 0.3) is 5.56 Å². The van der Waals surface area contributed by atoms with Gasteiger partial charge in [-0.1, -0.05) is 24.3 Å². The number of aromatic nitrogens is 1. The highest BCUT2D eigenvalue weighted by Crippen LogP contribution is 2.23. The lowest BCUT2D eigenvalue weighted by Crippen LogP contribution is -2.19. The Morgan fingerprint density at radius 1 is 1.07 bits per heavy atom. The van der Waals surface area contributed by atoms with Gasteiger partial charge in [-0.3, -0.25) is 9.59 Å². The molecule has 156 valence electrons. The summed E-state index contributed by atoms with van der Waals surface area (Å²) >= 11 is 0. The van der Waals surface area contributed by atoms with Crippen molar-refractivity contribution < 1.29 is 23.5 Å². The lowest BCUT2D eigenvalue weighted by Gasteiger charge is -2.12. The molecular weight excluding hydrogens is 392 g/mol. The zero-order chi connectivity index (χ0) is 21.7. The van der Waals surface area contributed by atoms with Crippen LogP contribution in [0.5, 0.6) is 0 Å². The highest BCUT2D eigenvalue weighted by molar-refractivity contribution is 5.96. The van der Waals surface area contributed by atoms with Gasteiger partial charge in [0, 0.05) is 24.2 Å². The first-order valence-electron chi connectivity index (χ1n) is 9.62. The van der Waals surface area contributed by atoms with Crippen molar-refractivity contribution in [3.05, 3.63) is 93.4 Å². The average molecular weight is 413 g/mol. The molecule has 0 aliphatic heterocycles. The van der Waals surface area contributed by atoms with E-state index in [-0.39, 0.29) is 53.3 Å². The Morgan fingerprint density at radius 2 is 1.80 bits per heavy atom. The van der Waals surface area contributed by atoms with Gasteiger partial charge in [-0.2, -0.15) is 0 Å². The minimum Gasteiger partial charge on any atom is -0.478 e. The number of hydrogen-bond acceptors (Lipinski definition) is 3.